The summed E-state index contributed by atoms with van der Waals surface area (Å²) in [6.07, 6.45) is 0. The summed E-state index contributed by atoms with van der Waals surface area (Å²) in [4.78, 5) is 18.0. The third-order valence-corrected chi connectivity index (χ3v) is 6.57. The number of hydrogen-bond acceptors (Lipinski definition) is 6. The minimum absolute atomic E-state index is 0.324. The number of carbonyl (C=O) groups excluding carboxylic acids is 1. The van der Waals surface area contributed by atoms with Crippen LogP contribution in [0.4, 0.5) is 5.13 Å². The van der Waals surface area contributed by atoms with E-state index < -0.39 is 17.8 Å². The van der Waals surface area contributed by atoms with Crippen LogP contribution in [0.15, 0.2) is 59.0 Å². The van der Waals surface area contributed by atoms with Gasteiger partial charge in [0.1, 0.15) is 5.92 Å². The summed E-state index contributed by atoms with van der Waals surface area (Å²) < 4.78 is 0. The second kappa shape index (κ2) is 9.10. The molecule has 3 aromatic rings. The third-order valence-electron chi connectivity index (χ3n) is 5.25. The molecule has 0 spiro atoms. The molecule has 0 saturated heterocycles. The highest BCUT2D eigenvalue weighted by Gasteiger charge is 2.45. The quantitative estimate of drug-likeness (QED) is 0.454. The van der Waals surface area contributed by atoms with Gasteiger partial charge in [-0.3, -0.25) is 4.79 Å². The Bertz CT molecular complexity index is 1260. The van der Waals surface area contributed by atoms with E-state index in [9.17, 15) is 15.3 Å². The average Bonchev–Trinajstić information content (AvgIpc) is 3.38. The number of rotatable bonds is 5. The first-order chi connectivity index (χ1) is 15.4. The molecule has 1 aliphatic heterocycles. The Morgan fingerprint density at radius 2 is 1.62 bits per heavy atom. The largest absolute Gasteiger partial charge is 0.272 e. The van der Waals surface area contributed by atoms with Crippen LogP contribution in [0.5, 0.6) is 0 Å². The van der Waals surface area contributed by atoms with Gasteiger partial charge < -0.3 is 0 Å². The van der Waals surface area contributed by atoms with Crippen molar-refractivity contribution in [1.82, 2.24) is 4.98 Å². The first-order valence-corrected chi connectivity index (χ1v) is 11.2. The number of halogens is 2. The van der Waals surface area contributed by atoms with Crippen molar-refractivity contribution in [2.75, 3.05) is 5.01 Å². The molecule has 0 N–H and O–H groups in total. The van der Waals surface area contributed by atoms with E-state index in [0.717, 1.165) is 5.56 Å². The van der Waals surface area contributed by atoms with Gasteiger partial charge >= 0.3 is 0 Å². The van der Waals surface area contributed by atoms with Crippen molar-refractivity contribution in [3.63, 3.8) is 0 Å². The third kappa shape index (κ3) is 4.11. The Labute approximate surface area is 198 Å². The van der Waals surface area contributed by atoms with Crippen molar-refractivity contribution in [1.29, 1.82) is 10.5 Å². The van der Waals surface area contributed by atoms with E-state index in [0.29, 0.717) is 32.1 Å². The lowest BCUT2D eigenvalue weighted by Gasteiger charge is -2.24. The van der Waals surface area contributed by atoms with Crippen LogP contribution in [0.25, 0.3) is 11.3 Å². The summed E-state index contributed by atoms with van der Waals surface area (Å²) in [5.41, 5.74) is 2.77. The minimum atomic E-state index is -1.03. The predicted octanol–water partition coefficient (Wildman–Crippen LogP) is 5.90. The highest BCUT2D eigenvalue weighted by Crippen LogP contribution is 2.40. The van der Waals surface area contributed by atoms with Gasteiger partial charge in [-0.1, -0.05) is 47.5 Å². The molecule has 1 aromatic heterocycles. The topological polar surface area (TPSA) is 93.1 Å². The number of hydrogen-bond donors (Lipinski definition) is 0. The molecule has 2 heterocycles. The fourth-order valence-electron chi connectivity index (χ4n) is 3.70. The van der Waals surface area contributed by atoms with Crippen molar-refractivity contribution >= 4 is 51.3 Å². The van der Waals surface area contributed by atoms with Crippen molar-refractivity contribution in [2.24, 2.45) is 16.9 Å². The maximum atomic E-state index is 13.4. The minimum Gasteiger partial charge on any atom is -0.272 e. The second-order valence-corrected chi connectivity index (χ2v) is 8.91. The summed E-state index contributed by atoms with van der Waals surface area (Å²) in [5, 5.41) is 28.3. The molecule has 0 saturated carbocycles. The molecule has 9 heteroatoms. The van der Waals surface area contributed by atoms with E-state index in [2.05, 4.69) is 10.1 Å². The lowest BCUT2D eigenvalue weighted by molar-refractivity contribution is -0.120. The van der Waals surface area contributed by atoms with E-state index in [1.165, 1.54) is 16.3 Å². The number of thiazole rings is 1. The summed E-state index contributed by atoms with van der Waals surface area (Å²) in [6.45, 7) is 1.73. The second-order valence-electron chi connectivity index (χ2n) is 7.20. The first kappa shape index (κ1) is 22.0. The van der Waals surface area contributed by atoms with Gasteiger partial charge in [0.25, 0.3) is 5.91 Å². The van der Waals surface area contributed by atoms with E-state index in [-0.39, 0.29) is 5.91 Å². The Morgan fingerprint density at radius 3 is 2.22 bits per heavy atom. The van der Waals surface area contributed by atoms with Crippen LogP contribution in [0, 0.1) is 34.5 Å². The van der Waals surface area contributed by atoms with Crippen LogP contribution in [0.2, 0.25) is 10.0 Å². The lowest BCUT2D eigenvalue weighted by atomic mass is 9.76. The molecule has 32 heavy (non-hydrogen) atoms. The zero-order chi connectivity index (χ0) is 22.8. The number of hydrazone groups is 1. The van der Waals surface area contributed by atoms with Crippen molar-refractivity contribution in [3.05, 3.63) is 69.5 Å². The Morgan fingerprint density at radius 1 is 1.03 bits per heavy atom. The monoisotopic (exact) mass is 479 g/mol. The number of nitrogens with zero attached hydrogens (tertiary/aromatic N) is 5. The van der Waals surface area contributed by atoms with Gasteiger partial charge in [0.2, 0.25) is 5.13 Å². The number of aromatic nitrogens is 1. The molecule has 6 nitrogen and oxygen atoms in total. The van der Waals surface area contributed by atoms with Crippen molar-refractivity contribution in [2.45, 2.75) is 12.8 Å². The van der Waals surface area contributed by atoms with Gasteiger partial charge in [-0.05, 0) is 36.8 Å². The average molecular weight is 480 g/mol. The van der Waals surface area contributed by atoms with Crippen molar-refractivity contribution in [3.8, 4) is 23.4 Å². The van der Waals surface area contributed by atoms with Gasteiger partial charge in [-0.2, -0.15) is 20.6 Å². The molecule has 1 aliphatic rings. The number of nitriles is 2. The van der Waals surface area contributed by atoms with Crippen LogP contribution in [-0.2, 0) is 4.79 Å². The maximum absolute atomic E-state index is 13.4. The molecule has 2 aromatic carbocycles. The summed E-state index contributed by atoms with van der Waals surface area (Å²) >= 11 is 13.2. The SMILES string of the molecule is CC1=NN(c2nc(-c3ccc(Cl)cc3)cs2)C(=O)C1C(c1ccc(Cl)cc1)C(C#N)C#N. The molecule has 2 atom stereocenters. The molecule has 1 amide bonds. The van der Waals surface area contributed by atoms with Gasteiger partial charge in [0, 0.05) is 32.6 Å². The van der Waals surface area contributed by atoms with E-state index >= 15 is 0 Å². The zero-order valence-electron chi connectivity index (χ0n) is 16.7. The molecule has 0 bridgehead atoms. The molecule has 4 rings (SSSR count). The van der Waals surface area contributed by atoms with Gasteiger partial charge in [-0.25, -0.2) is 4.98 Å². The number of benzene rings is 2. The van der Waals surface area contributed by atoms with Crippen LogP contribution >= 0.6 is 34.5 Å². The van der Waals surface area contributed by atoms with Crippen molar-refractivity contribution < 1.29 is 4.79 Å². The molecule has 2 unspecified atom stereocenters. The Hall–Kier alpha value is -3.23. The maximum Gasteiger partial charge on any atom is 0.259 e. The Kier molecular flexibility index (Phi) is 6.25. The highest BCUT2D eigenvalue weighted by molar-refractivity contribution is 7.14. The summed E-state index contributed by atoms with van der Waals surface area (Å²) in [5.74, 6) is -2.80. The normalized spacial score (nSPS) is 16.6. The van der Waals surface area contributed by atoms with Crippen LogP contribution < -0.4 is 5.01 Å². The van der Waals surface area contributed by atoms with E-state index in [4.69, 9.17) is 23.2 Å². The molecule has 0 fully saturated rings. The molecule has 0 radical (unpaired) electrons. The standard InChI is InChI=1S/C23H15Cl2N5OS/c1-13-20(21(16(10-26)11-27)15-4-8-18(25)9-5-15)22(31)30(29-13)23-28-19(12-32-23)14-2-6-17(24)7-3-14/h2-9,12,16,20-21H,1H3. The molecular weight excluding hydrogens is 465 g/mol. The fraction of sp³-hybridized carbons (Fsp3) is 0.174. The van der Waals surface area contributed by atoms with Gasteiger partial charge in [0.05, 0.1) is 23.8 Å². The van der Waals surface area contributed by atoms with E-state index in [1.807, 2.05) is 29.7 Å². The first-order valence-electron chi connectivity index (χ1n) is 9.58. The number of anilines is 1. The van der Waals surface area contributed by atoms with Crippen LogP contribution in [-0.4, -0.2) is 16.6 Å². The molecular formula is C23H15Cl2N5OS. The predicted molar refractivity (Wildman–Crippen MR) is 126 cm³/mol. The summed E-state index contributed by atoms with van der Waals surface area (Å²) in [7, 11) is 0. The smallest absolute Gasteiger partial charge is 0.259 e. The fourth-order valence-corrected chi connectivity index (χ4v) is 4.74. The zero-order valence-corrected chi connectivity index (χ0v) is 19.1. The molecule has 158 valence electrons. The van der Waals surface area contributed by atoms with E-state index in [1.54, 1.807) is 43.3 Å². The summed E-state index contributed by atoms with van der Waals surface area (Å²) in [6, 6.07) is 18.1. The van der Waals surface area contributed by atoms with Crippen LogP contribution in [0.1, 0.15) is 18.4 Å². The molecule has 0 aliphatic carbocycles. The van der Waals surface area contributed by atoms with Crippen LogP contribution in [0.3, 0.4) is 0 Å². The highest BCUT2D eigenvalue weighted by atomic mass is 35.5. The number of carbonyl (C=O) groups is 1. The van der Waals surface area contributed by atoms with Gasteiger partial charge in [-0.15, -0.1) is 11.3 Å². The number of amides is 1. The van der Waals surface area contributed by atoms with Gasteiger partial charge in [0.15, 0.2) is 0 Å². The Balaban J connectivity index is 1.68. The lowest BCUT2D eigenvalue weighted by Crippen LogP contribution is -2.34.